The SMILES string of the molecule is Cc1nn(CC(=O)N2CCCC[C@@H]2C)c(C)c1S(=O)(=O)NC(C)(C)C. The number of nitrogens with one attached hydrogen (secondary N) is 1. The molecule has 0 bridgehead atoms. The third kappa shape index (κ3) is 4.61. The Hall–Kier alpha value is -1.41. The topological polar surface area (TPSA) is 84.3 Å². The van der Waals surface area contributed by atoms with Crippen molar-refractivity contribution in [3.8, 4) is 0 Å². The fourth-order valence-corrected chi connectivity index (χ4v) is 5.20. The lowest BCUT2D eigenvalue weighted by molar-refractivity contribution is -0.135. The monoisotopic (exact) mass is 370 g/mol. The Labute approximate surface area is 150 Å². The smallest absolute Gasteiger partial charge is 0.244 e. The molecule has 2 heterocycles. The third-order valence-corrected chi connectivity index (χ3v) is 6.44. The van der Waals surface area contributed by atoms with Crippen LogP contribution in [0, 0.1) is 13.8 Å². The molecular weight excluding hydrogens is 340 g/mol. The summed E-state index contributed by atoms with van der Waals surface area (Å²) in [5, 5.41) is 4.32. The average Bonchev–Trinajstić information content (AvgIpc) is 2.71. The summed E-state index contributed by atoms with van der Waals surface area (Å²) >= 11 is 0. The highest BCUT2D eigenvalue weighted by molar-refractivity contribution is 7.89. The number of rotatable bonds is 4. The molecule has 25 heavy (non-hydrogen) atoms. The lowest BCUT2D eigenvalue weighted by atomic mass is 10.0. The number of piperidine rings is 1. The summed E-state index contributed by atoms with van der Waals surface area (Å²) in [6.07, 6.45) is 3.17. The second-order valence-electron chi connectivity index (χ2n) is 7.95. The number of sulfonamides is 1. The van der Waals surface area contributed by atoms with E-state index in [2.05, 4.69) is 16.7 Å². The van der Waals surface area contributed by atoms with Crippen molar-refractivity contribution >= 4 is 15.9 Å². The van der Waals surface area contributed by atoms with E-state index in [1.807, 2.05) is 4.90 Å². The highest BCUT2D eigenvalue weighted by Crippen LogP contribution is 2.22. The van der Waals surface area contributed by atoms with Crippen LogP contribution in [-0.4, -0.2) is 47.1 Å². The van der Waals surface area contributed by atoms with Crippen LogP contribution in [0.3, 0.4) is 0 Å². The van der Waals surface area contributed by atoms with Gasteiger partial charge in [-0.3, -0.25) is 9.48 Å². The molecule has 1 amide bonds. The molecular formula is C17H30N4O3S. The summed E-state index contributed by atoms with van der Waals surface area (Å²) in [5.74, 6) is -0.00877. The average molecular weight is 371 g/mol. The zero-order chi connectivity index (χ0) is 19.0. The third-order valence-electron chi connectivity index (χ3n) is 4.43. The van der Waals surface area contributed by atoms with Crippen molar-refractivity contribution in [1.29, 1.82) is 0 Å². The molecule has 7 nitrogen and oxygen atoms in total. The normalized spacial score (nSPS) is 19.3. The molecule has 0 aromatic carbocycles. The summed E-state index contributed by atoms with van der Waals surface area (Å²) < 4.78 is 29.5. The quantitative estimate of drug-likeness (QED) is 0.878. The van der Waals surface area contributed by atoms with E-state index in [4.69, 9.17) is 0 Å². The molecule has 1 aliphatic rings. The van der Waals surface area contributed by atoms with Gasteiger partial charge in [-0.25, -0.2) is 13.1 Å². The maximum Gasteiger partial charge on any atom is 0.244 e. The predicted octanol–water partition coefficient (Wildman–Crippen LogP) is 1.98. The Kier molecular flexibility index (Phi) is 5.63. The Morgan fingerprint density at radius 3 is 2.48 bits per heavy atom. The van der Waals surface area contributed by atoms with Crippen LogP contribution >= 0.6 is 0 Å². The first kappa shape index (κ1) is 19.9. The summed E-state index contributed by atoms with van der Waals surface area (Å²) in [6, 6.07) is 0.226. The molecule has 0 spiro atoms. The Morgan fingerprint density at radius 1 is 1.28 bits per heavy atom. The number of aromatic nitrogens is 2. The van der Waals surface area contributed by atoms with Gasteiger partial charge in [0, 0.05) is 18.1 Å². The highest BCUT2D eigenvalue weighted by Gasteiger charge is 2.30. The van der Waals surface area contributed by atoms with E-state index < -0.39 is 15.6 Å². The fourth-order valence-electron chi connectivity index (χ4n) is 3.37. The maximum absolute atomic E-state index is 12.7. The van der Waals surface area contributed by atoms with E-state index in [0.29, 0.717) is 11.4 Å². The molecule has 0 saturated carbocycles. The van der Waals surface area contributed by atoms with Crippen molar-refractivity contribution in [3.05, 3.63) is 11.4 Å². The number of likely N-dealkylation sites (tertiary alicyclic amines) is 1. The molecule has 2 rings (SSSR count). The van der Waals surface area contributed by atoms with Crippen LogP contribution in [0.5, 0.6) is 0 Å². The van der Waals surface area contributed by atoms with E-state index in [-0.39, 0.29) is 23.4 Å². The molecule has 1 aliphatic heterocycles. The van der Waals surface area contributed by atoms with Gasteiger partial charge in [0.15, 0.2) is 0 Å². The van der Waals surface area contributed by atoms with E-state index >= 15 is 0 Å². The van der Waals surface area contributed by atoms with Gasteiger partial charge in [-0.05, 0) is 60.8 Å². The van der Waals surface area contributed by atoms with E-state index in [1.54, 1.807) is 34.6 Å². The minimum Gasteiger partial charge on any atom is -0.338 e. The van der Waals surface area contributed by atoms with Gasteiger partial charge in [-0.1, -0.05) is 0 Å². The number of carbonyl (C=O) groups excluding carboxylic acids is 1. The lowest BCUT2D eigenvalue weighted by Crippen LogP contribution is -2.43. The van der Waals surface area contributed by atoms with Crippen LogP contribution < -0.4 is 4.72 Å². The summed E-state index contributed by atoms with van der Waals surface area (Å²) in [4.78, 5) is 14.7. The van der Waals surface area contributed by atoms with Crippen molar-refractivity contribution < 1.29 is 13.2 Å². The van der Waals surface area contributed by atoms with Gasteiger partial charge < -0.3 is 4.90 Å². The molecule has 8 heteroatoms. The Balaban J connectivity index is 2.26. The predicted molar refractivity (Wildman–Crippen MR) is 96.8 cm³/mol. The van der Waals surface area contributed by atoms with Gasteiger partial charge >= 0.3 is 0 Å². The molecule has 0 radical (unpaired) electrons. The van der Waals surface area contributed by atoms with Gasteiger partial charge in [-0.2, -0.15) is 5.10 Å². The molecule has 1 saturated heterocycles. The minimum absolute atomic E-state index is 0.00877. The summed E-state index contributed by atoms with van der Waals surface area (Å²) in [5.41, 5.74) is 0.319. The zero-order valence-corrected chi connectivity index (χ0v) is 16.9. The number of hydrogen-bond acceptors (Lipinski definition) is 4. The first-order valence-corrected chi connectivity index (χ1v) is 10.3. The van der Waals surface area contributed by atoms with E-state index in [1.165, 1.54) is 4.68 Å². The zero-order valence-electron chi connectivity index (χ0n) is 16.1. The van der Waals surface area contributed by atoms with Crippen molar-refractivity contribution in [2.75, 3.05) is 6.54 Å². The molecule has 142 valence electrons. The number of carbonyl (C=O) groups is 1. The van der Waals surface area contributed by atoms with Gasteiger partial charge in [0.05, 0.1) is 11.4 Å². The molecule has 1 atom stereocenters. The lowest BCUT2D eigenvalue weighted by Gasteiger charge is -2.33. The van der Waals surface area contributed by atoms with E-state index in [9.17, 15) is 13.2 Å². The molecule has 1 aromatic rings. The molecule has 1 fully saturated rings. The number of nitrogens with zero attached hydrogens (tertiary/aromatic N) is 3. The standard InChI is InChI=1S/C17H30N4O3S/c1-12-9-7-8-10-20(12)15(22)11-21-14(3)16(13(2)18-21)25(23,24)19-17(4,5)6/h12,19H,7-11H2,1-6H3/t12-/m0/s1. The minimum atomic E-state index is -3.69. The van der Waals surface area contributed by atoms with Crippen LogP contribution in [0.1, 0.15) is 58.3 Å². The van der Waals surface area contributed by atoms with Crippen LogP contribution in [0.25, 0.3) is 0 Å². The maximum atomic E-state index is 12.7. The second kappa shape index (κ2) is 7.07. The first-order chi connectivity index (χ1) is 11.4. The van der Waals surface area contributed by atoms with E-state index in [0.717, 1.165) is 25.8 Å². The Morgan fingerprint density at radius 2 is 1.92 bits per heavy atom. The first-order valence-electron chi connectivity index (χ1n) is 8.80. The van der Waals surface area contributed by atoms with Crippen LogP contribution in [-0.2, 0) is 21.4 Å². The van der Waals surface area contributed by atoms with Crippen molar-refractivity contribution in [2.45, 2.75) is 83.8 Å². The largest absolute Gasteiger partial charge is 0.338 e. The number of amides is 1. The van der Waals surface area contributed by atoms with Crippen LogP contribution in [0.2, 0.25) is 0 Å². The molecule has 0 aliphatic carbocycles. The molecule has 1 aromatic heterocycles. The van der Waals surface area contributed by atoms with Gasteiger partial charge in [-0.15, -0.1) is 0 Å². The van der Waals surface area contributed by atoms with Gasteiger partial charge in [0.1, 0.15) is 11.4 Å². The summed E-state index contributed by atoms with van der Waals surface area (Å²) in [7, 11) is -3.69. The van der Waals surface area contributed by atoms with Crippen LogP contribution in [0.4, 0.5) is 0 Å². The summed E-state index contributed by atoms with van der Waals surface area (Å²) in [6.45, 7) is 11.6. The van der Waals surface area contributed by atoms with Crippen molar-refractivity contribution in [2.24, 2.45) is 0 Å². The van der Waals surface area contributed by atoms with Gasteiger partial charge in [0.25, 0.3) is 0 Å². The highest BCUT2D eigenvalue weighted by atomic mass is 32.2. The number of hydrogen-bond donors (Lipinski definition) is 1. The fraction of sp³-hybridized carbons (Fsp3) is 0.765. The second-order valence-corrected chi connectivity index (χ2v) is 9.56. The van der Waals surface area contributed by atoms with Crippen LogP contribution in [0.15, 0.2) is 4.90 Å². The van der Waals surface area contributed by atoms with Crippen molar-refractivity contribution in [3.63, 3.8) is 0 Å². The molecule has 0 unspecified atom stereocenters. The number of aryl methyl sites for hydroxylation is 1. The molecule has 1 N–H and O–H groups in total. The van der Waals surface area contributed by atoms with Gasteiger partial charge in [0.2, 0.25) is 15.9 Å². The van der Waals surface area contributed by atoms with Crippen molar-refractivity contribution in [1.82, 2.24) is 19.4 Å². The Bertz CT molecular complexity index is 747.